The van der Waals surface area contributed by atoms with Gasteiger partial charge in [0.2, 0.25) is 0 Å². The summed E-state index contributed by atoms with van der Waals surface area (Å²) in [6.45, 7) is 2.12. The van der Waals surface area contributed by atoms with E-state index in [4.69, 9.17) is 9.47 Å². The number of allylic oxidation sites excluding steroid dienone is 1. The molecule has 0 radical (unpaired) electrons. The fourth-order valence-corrected chi connectivity index (χ4v) is 2.75. The maximum absolute atomic E-state index is 14.5. The van der Waals surface area contributed by atoms with Crippen LogP contribution in [0.25, 0.3) is 10.8 Å². The molecule has 8 heteroatoms. The van der Waals surface area contributed by atoms with Crippen molar-refractivity contribution in [3.05, 3.63) is 83.7 Å². The van der Waals surface area contributed by atoms with E-state index >= 15 is 0 Å². The molecule has 0 amide bonds. The molecule has 0 aliphatic carbocycles. The van der Waals surface area contributed by atoms with Crippen LogP contribution in [-0.2, 0) is 12.3 Å². The average Bonchev–Trinajstić information content (AvgIpc) is 2.67. The molecule has 3 rings (SSSR count). The van der Waals surface area contributed by atoms with Gasteiger partial charge in [0.25, 0.3) is 0 Å². The molecule has 3 aromatic carbocycles. The molecular weight excluding hydrogens is 410 g/mol. The van der Waals surface area contributed by atoms with E-state index < -0.39 is 29.2 Å². The van der Waals surface area contributed by atoms with Crippen molar-refractivity contribution in [3.63, 3.8) is 0 Å². The van der Waals surface area contributed by atoms with Crippen LogP contribution in [-0.4, -0.2) is 6.61 Å². The van der Waals surface area contributed by atoms with Gasteiger partial charge in [0.15, 0.2) is 0 Å². The van der Waals surface area contributed by atoms with E-state index in [-0.39, 0.29) is 16.5 Å². The van der Waals surface area contributed by atoms with Crippen LogP contribution in [0.4, 0.5) is 26.3 Å². The summed E-state index contributed by atoms with van der Waals surface area (Å²) in [5.41, 5.74) is -1.87. The Morgan fingerprint density at radius 1 is 0.867 bits per heavy atom. The highest BCUT2D eigenvalue weighted by Gasteiger charge is 2.36. The summed E-state index contributed by atoms with van der Waals surface area (Å²) in [5, 5.41) is -0.343. The van der Waals surface area contributed by atoms with Crippen LogP contribution < -0.4 is 9.47 Å². The summed E-state index contributed by atoms with van der Waals surface area (Å²) in [6.07, 6.45) is -5.04. The van der Waals surface area contributed by atoms with E-state index in [2.05, 4.69) is 0 Å². The van der Waals surface area contributed by atoms with Gasteiger partial charge in [-0.15, -0.1) is 0 Å². The lowest BCUT2D eigenvalue weighted by molar-refractivity contribution is -0.185. The number of ether oxygens (including phenoxy) is 2. The Balaban J connectivity index is 1.82. The smallest absolute Gasteiger partial charge is 0.426 e. The third-order valence-corrected chi connectivity index (χ3v) is 4.25. The highest BCUT2D eigenvalue weighted by atomic mass is 19.4. The molecule has 0 aliphatic heterocycles. The SMILES string of the molecule is CC=CCOc1ccc(C(F)(F)Oc2ccc3c(F)c(C(F)(F)F)ccc3c2)cc1. The molecule has 3 aromatic rings. The zero-order chi connectivity index (χ0) is 21.9. The fraction of sp³-hybridized carbons (Fsp3) is 0.182. The van der Waals surface area contributed by atoms with Gasteiger partial charge in [0.1, 0.15) is 23.9 Å². The first-order valence-electron chi connectivity index (χ1n) is 8.82. The summed E-state index contributed by atoms with van der Waals surface area (Å²) in [6, 6.07) is 9.60. The highest BCUT2D eigenvalue weighted by molar-refractivity contribution is 5.85. The minimum atomic E-state index is -4.86. The largest absolute Gasteiger partial charge is 0.490 e. The van der Waals surface area contributed by atoms with Crippen LogP contribution >= 0.6 is 0 Å². The van der Waals surface area contributed by atoms with Crippen molar-refractivity contribution >= 4 is 10.8 Å². The molecule has 0 aliphatic rings. The van der Waals surface area contributed by atoms with E-state index in [0.29, 0.717) is 18.4 Å². The van der Waals surface area contributed by atoms with Crippen molar-refractivity contribution in [2.75, 3.05) is 6.61 Å². The van der Waals surface area contributed by atoms with Crippen molar-refractivity contribution < 1.29 is 35.8 Å². The number of fused-ring (bicyclic) bond motifs is 1. The Morgan fingerprint density at radius 2 is 1.53 bits per heavy atom. The van der Waals surface area contributed by atoms with Crippen molar-refractivity contribution in [2.45, 2.75) is 19.2 Å². The van der Waals surface area contributed by atoms with Gasteiger partial charge in [-0.2, -0.15) is 22.0 Å². The van der Waals surface area contributed by atoms with E-state index in [1.165, 1.54) is 12.1 Å². The molecule has 158 valence electrons. The molecule has 0 heterocycles. The van der Waals surface area contributed by atoms with E-state index in [1.807, 2.05) is 6.92 Å². The topological polar surface area (TPSA) is 18.5 Å². The van der Waals surface area contributed by atoms with Gasteiger partial charge in [-0.05, 0) is 60.8 Å². The monoisotopic (exact) mass is 426 g/mol. The minimum absolute atomic E-state index is 0.00141. The zero-order valence-corrected chi connectivity index (χ0v) is 15.6. The quantitative estimate of drug-likeness (QED) is 0.310. The number of rotatable bonds is 6. The normalized spacial score (nSPS) is 12.5. The Morgan fingerprint density at radius 3 is 2.17 bits per heavy atom. The molecule has 0 unspecified atom stereocenters. The molecule has 0 aromatic heterocycles. The lowest BCUT2D eigenvalue weighted by Gasteiger charge is -2.19. The molecule has 2 nitrogen and oxygen atoms in total. The van der Waals surface area contributed by atoms with Gasteiger partial charge in [-0.3, -0.25) is 0 Å². The lowest BCUT2D eigenvalue weighted by Crippen LogP contribution is -2.21. The van der Waals surface area contributed by atoms with Gasteiger partial charge >= 0.3 is 12.3 Å². The van der Waals surface area contributed by atoms with Gasteiger partial charge in [-0.25, -0.2) is 4.39 Å². The first-order valence-corrected chi connectivity index (χ1v) is 8.82. The van der Waals surface area contributed by atoms with Gasteiger partial charge < -0.3 is 9.47 Å². The molecule has 0 spiro atoms. The number of benzene rings is 3. The van der Waals surface area contributed by atoms with Crippen molar-refractivity contribution in [1.29, 1.82) is 0 Å². The van der Waals surface area contributed by atoms with Crippen LogP contribution in [0.15, 0.2) is 66.7 Å². The molecule has 0 saturated heterocycles. The number of hydrogen-bond donors (Lipinski definition) is 0. The maximum Gasteiger partial charge on any atom is 0.426 e. The lowest BCUT2D eigenvalue weighted by atomic mass is 10.1. The zero-order valence-electron chi connectivity index (χ0n) is 15.6. The predicted molar refractivity (Wildman–Crippen MR) is 100 cm³/mol. The summed E-state index contributed by atoms with van der Waals surface area (Å²) in [5.74, 6) is -1.39. The Hall–Kier alpha value is -3.16. The minimum Gasteiger partial charge on any atom is -0.490 e. The Bertz CT molecular complexity index is 1060. The number of hydrogen-bond acceptors (Lipinski definition) is 2. The fourth-order valence-electron chi connectivity index (χ4n) is 2.75. The second kappa shape index (κ2) is 8.30. The number of alkyl halides is 5. The predicted octanol–water partition coefficient (Wildman–Crippen LogP) is 7.08. The Labute approximate surface area is 168 Å². The van der Waals surface area contributed by atoms with E-state index in [1.54, 1.807) is 12.2 Å². The summed E-state index contributed by atoms with van der Waals surface area (Å²) >= 11 is 0. The van der Waals surface area contributed by atoms with Crippen LogP contribution in [0, 0.1) is 5.82 Å². The van der Waals surface area contributed by atoms with Crippen LogP contribution in [0.5, 0.6) is 11.5 Å². The second-order valence-corrected chi connectivity index (χ2v) is 6.33. The summed E-state index contributed by atoms with van der Waals surface area (Å²) < 4.78 is 91.6. The maximum atomic E-state index is 14.5. The first-order chi connectivity index (χ1) is 14.1. The molecule has 0 atom stereocenters. The third kappa shape index (κ3) is 4.69. The molecular formula is C22H16F6O2. The third-order valence-electron chi connectivity index (χ3n) is 4.25. The van der Waals surface area contributed by atoms with Gasteiger partial charge in [-0.1, -0.05) is 18.2 Å². The summed E-state index contributed by atoms with van der Waals surface area (Å²) in [4.78, 5) is 0. The van der Waals surface area contributed by atoms with Crippen molar-refractivity contribution in [3.8, 4) is 11.5 Å². The molecule has 0 N–H and O–H groups in total. The summed E-state index contributed by atoms with van der Waals surface area (Å²) in [7, 11) is 0. The van der Waals surface area contributed by atoms with E-state index in [9.17, 15) is 26.3 Å². The van der Waals surface area contributed by atoms with Crippen LogP contribution in [0.1, 0.15) is 18.1 Å². The van der Waals surface area contributed by atoms with Gasteiger partial charge in [0, 0.05) is 5.39 Å². The average molecular weight is 426 g/mol. The number of halogens is 6. The van der Waals surface area contributed by atoms with Crippen molar-refractivity contribution in [2.24, 2.45) is 0 Å². The second-order valence-electron chi connectivity index (χ2n) is 6.33. The van der Waals surface area contributed by atoms with Crippen LogP contribution in [0.3, 0.4) is 0 Å². The molecule has 30 heavy (non-hydrogen) atoms. The molecule has 0 fully saturated rings. The first kappa shape index (κ1) is 21.5. The molecule has 0 saturated carbocycles. The van der Waals surface area contributed by atoms with Crippen molar-refractivity contribution in [1.82, 2.24) is 0 Å². The van der Waals surface area contributed by atoms with Crippen LogP contribution in [0.2, 0.25) is 0 Å². The Kier molecular flexibility index (Phi) is 5.96. The van der Waals surface area contributed by atoms with E-state index in [0.717, 1.165) is 36.4 Å². The van der Waals surface area contributed by atoms with Gasteiger partial charge in [0.05, 0.1) is 11.1 Å². The molecule has 0 bridgehead atoms. The highest BCUT2D eigenvalue weighted by Crippen LogP contribution is 2.37. The standard InChI is InChI=1S/C22H16F6O2/c1-2-3-12-29-16-7-5-15(6-8-16)22(27,28)30-17-9-10-18-14(13-17)4-11-19(20(18)23)21(24,25)26/h2-11,13H,12H2,1H3.